The van der Waals surface area contributed by atoms with E-state index >= 15 is 0 Å². The Morgan fingerprint density at radius 3 is 2.76 bits per heavy atom. The van der Waals surface area contributed by atoms with Crippen LogP contribution in [-0.4, -0.2) is 45.2 Å². The van der Waals surface area contributed by atoms with E-state index in [0.29, 0.717) is 30.4 Å². The maximum Gasteiger partial charge on any atom is 0.257 e. The highest BCUT2D eigenvalue weighted by Gasteiger charge is 2.23. The first-order valence-corrected chi connectivity index (χ1v) is 7.01. The fourth-order valence-electron chi connectivity index (χ4n) is 2.49. The third-order valence-corrected chi connectivity index (χ3v) is 3.59. The molecule has 6 heteroatoms. The van der Waals surface area contributed by atoms with Crippen LogP contribution in [0.3, 0.4) is 0 Å². The second-order valence-electron chi connectivity index (χ2n) is 5.27. The van der Waals surface area contributed by atoms with Gasteiger partial charge in [0.15, 0.2) is 5.82 Å². The summed E-state index contributed by atoms with van der Waals surface area (Å²) < 4.78 is 5.09. The van der Waals surface area contributed by atoms with Gasteiger partial charge in [0.05, 0.1) is 6.10 Å². The molecule has 1 aliphatic heterocycles. The molecule has 1 aromatic heterocycles. The van der Waals surface area contributed by atoms with Crippen molar-refractivity contribution in [2.24, 2.45) is 0 Å². The van der Waals surface area contributed by atoms with Crippen LogP contribution in [0.4, 0.5) is 0 Å². The first kappa shape index (κ1) is 13.8. The molecule has 1 amide bonds. The Hall–Kier alpha value is -2.21. The molecule has 1 aliphatic rings. The van der Waals surface area contributed by atoms with Crippen molar-refractivity contribution in [3.05, 3.63) is 35.7 Å². The first-order chi connectivity index (χ1) is 10.1. The number of carbonyl (C=O) groups is 1. The summed E-state index contributed by atoms with van der Waals surface area (Å²) in [7, 11) is 0. The quantitative estimate of drug-likeness (QED) is 0.908. The van der Waals surface area contributed by atoms with Gasteiger partial charge in [-0.15, -0.1) is 0 Å². The standard InChI is InChI=1S/C15H17N3O3/c1-10-16-14(21-17-10)11-4-6-12(7-5-11)15(20)18-8-2-3-13(19)9-18/h4-7,13,19H,2-3,8-9H2,1H3. The summed E-state index contributed by atoms with van der Waals surface area (Å²) in [6, 6.07) is 7.08. The second kappa shape index (κ2) is 5.65. The van der Waals surface area contributed by atoms with Gasteiger partial charge in [0.2, 0.25) is 0 Å². The Kier molecular flexibility index (Phi) is 3.70. The van der Waals surface area contributed by atoms with Crippen LogP contribution in [0.15, 0.2) is 28.8 Å². The summed E-state index contributed by atoms with van der Waals surface area (Å²) in [6.45, 7) is 2.86. The van der Waals surface area contributed by atoms with Crippen LogP contribution < -0.4 is 0 Å². The molecule has 2 heterocycles. The van der Waals surface area contributed by atoms with Crippen LogP contribution in [0.2, 0.25) is 0 Å². The van der Waals surface area contributed by atoms with Crippen LogP contribution in [0.25, 0.3) is 11.5 Å². The Bertz CT molecular complexity index is 636. The molecule has 110 valence electrons. The number of benzene rings is 1. The van der Waals surface area contributed by atoms with Gasteiger partial charge in [-0.2, -0.15) is 4.98 Å². The Balaban J connectivity index is 1.76. The Labute approximate surface area is 122 Å². The number of nitrogens with zero attached hydrogens (tertiary/aromatic N) is 3. The van der Waals surface area contributed by atoms with E-state index in [-0.39, 0.29) is 5.91 Å². The second-order valence-corrected chi connectivity index (χ2v) is 5.27. The van der Waals surface area contributed by atoms with E-state index in [1.807, 2.05) is 0 Å². The monoisotopic (exact) mass is 287 g/mol. The molecule has 0 aliphatic carbocycles. The number of carbonyl (C=O) groups excluding carboxylic acids is 1. The number of aliphatic hydroxyl groups excluding tert-OH is 1. The molecule has 1 fully saturated rings. The SMILES string of the molecule is Cc1noc(-c2ccc(C(=O)N3CCCC(O)C3)cc2)n1. The maximum absolute atomic E-state index is 12.4. The van der Waals surface area contributed by atoms with Crippen molar-refractivity contribution in [1.82, 2.24) is 15.0 Å². The molecule has 6 nitrogen and oxygen atoms in total. The number of aromatic nitrogens is 2. The number of hydrogen-bond donors (Lipinski definition) is 1. The molecule has 0 radical (unpaired) electrons. The van der Waals surface area contributed by atoms with E-state index in [2.05, 4.69) is 10.1 Å². The van der Waals surface area contributed by atoms with Crippen LogP contribution in [0, 0.1) is 6.92 Å². The van der Waals surface area contributed by atoms with E-state index in [9.17, 15) is 9.90 Å². The summed E-state index contributed by atoms with van der Waals surface area (Å²) in [5.41, 5.74) is 1.38. The van der Waals surface area contributed by atoms with Crippen molar-refractivity contribution < 1.29 is 14.4 Å². The number of aliphatic hydroxyl groups is 1. The molecule has 3 rings (SSSR count). The molecule has 2 aromatic rings. The third kappa shape index (κ3) is 2.95. The van der Waals surface area contributed by atoms with Crippen molar-refractivity contribution >= 4 is 5.91 Å². The first-order valence-electron chi connectivity index (χ1n) is 7.01. The number of rotatable bonds is 2. The summed E-state index contributed by atoms with van der Waals surface area (Å²) >= 11 is 0. The van der Waals surface area contributed by atoms with E-state index in [4.69, 9.17) is 4.52 Å². The van der Waals surface area contributed by atoms with Gasteiger partial charge >= 0.3 is 0 Å². The number of hydrogen-bond acceptors (Lipinski definition) is 5. The lowest BCUT2D eigenvalue weighted by molar-refractivity contribution is 0.0474. The molecular weight excluding hydrogens is 270 g/mol. The fourth-order valence-corrected chi connectivity index (χ4v) is 2.49. The van der Waals surface area contributed by atoms with Crippen LogP contribution in [-0.2, 0) is 0 Å². The van der Waals surface area contributed by atoms with Gasteiger partial charge in [0, 0.05) is 24.2 Å². The zero-order valence-corrected chi connectivity index (χ0v) is 11.8. The average Bonchev–Trinajstić information content (AvgIpc) is 2.93. The smallest absolute Gasteiger partial charge is 0.257 e. The van der Waals surface area contributed by atoms with Gasteiger partial charge in [-0.25, -0.2) is 0 Å². The number of likely N-dealkylation sites (tertiary alicyclic amines) is 1. The molecular formula is C15H17N3O3. The summed E-state index contributed by atoms with van der Waals surface area (Å²) in [4.78, 5) is 18.2. The molecule has 1 aromatic carbocycles. The molecule has 0 spiro atoms. The van der Waals surface area contributed by atoms with Crippen molar-refractivity contribution in [2.45, 2.75) is 25.9 Å². The fraction of sp³-hybridized carbons (Fsp3) is 0.400. The van der Waals surface area contributed by atoms with Gasteiger partial charge in [-0.05, 0) is 44.0 Å². The predicted molar refractivity (Wildman–Crippen MR) is 75.6 cm³/mol. The minimum absolute atomic E-state index is 0.0537. The van der Waals surface area contributed by atoms with Gasteiger partial charge < -0.3 is 14.5 Å². The predicted octanol–water partition coefficient (Wildman–Crippen LogP) is 1.64. The van der Waals surface area contributed by atoms with Gasteiger partial charge in [-0.1, -0.05) is 5.16 Å². The molecule has 0 saturated carbocycles. The molecule has 1 N–H and O–H groups in total. The Morgan fingerprint density at radius 1 is 1.38 bits per heavy atom. The lowest BCUT2D eigenvalue weighted by Crippen LogP contribution is -2.42. The van der Waals surface area contributed by atoms with Crippen molar-refractivity contribution in [3.8, 4) is 11.5 Å². The summed E-state index contributed by atoms with van der Waals surface area (Å²) in [5, 5.41) is 13.4. The topological polar surface area (TPSA) is 79.5 Å². The van der Waals surface area contributed by atoms with E-state index in [1.54, 1.807) is 36.1 Å². The third-order valence-electron chi connectivity index (χ3n) is 3.59. The summed E-state index contributed by atoms with van der Waals surface area (Å²) in [6.07, 6.45) is 1.19. The minimum Gasteiger partial charge on any atom is -0.391 e. The molecule has 1 saturated heterocycles. The highest BCUT2D eigenvalue weighted by Crippen LogP contribution is 2.19. The lowest BCUT2D eigenvalue weighted by Gasteiger charge is -2.30. The van der Waals surface area contributed by atoms with Crippen LogP contribution in [0.5, 0.6) is 0 Å². The number of amides is 1. The van der Waals surface area contributed by atoms with E-state index < -0.39 is 6.10 Å². The maximum atomic E-state index is 12.4. The number of piperidine rings is 1. The lowest BCUT2D eigenvalue weighted by atomic mass is 10.1. The van der Waals surface area contributed by atoms with E-state index in [0.717, 1.165) is 18.4 Å². The normalized spacial score (nSPS) is 18.8. The Morgan fingerprint density at radius 2 is 2.14 bits per heavy atom. The van der Waals surface area contributed by atoms with Gasteiger partial charge in [0.1, 0.15) is 0 Å². The molecule has 1 atom stereocenters. The number of β-amino-alcohol motifs (C(OH)–C–C–N with tert-alkyl or cyclic N) is 1. The summed E-state index contributed by atoms with van der Waals surface area (Å²) in [5.74, 6) is 0.967. The largest absolute Gasteiger partial charge is 0.391 e. The molecule has 0 bridgehead atoms. The zero-order valence-electron chi connectivity index (χ0n) is 11.8. The minimum atomic E-state index is -0.414. The zero-order chi connectivity index (χ0) is 14.8. The van der Waals surface area contributed by atoms with Crippen molar-refractivity contribution in [3.63, 3.8) is 0 Å². The average molecular weight is 287 g/mol. The number of aryl methyl sites for hydroxylation is 1. The van der Waals surface area contributed by atoms with Gasteiger partial charge in [-0.3, -0.25) is 4.79 Å². The highest BCUT2D eigenvalue weighted by atomic mass is 16.5. The van der Waals surface area contributed by atoms with Crippen LogP contribution in [0.1, 0.15) is 29.0 Å². The van der Waals surface area contributed by atoms with Gasteiger partial charge in [0.25, 0.3) is 11.8 Å². The van der Waals surface area contributed by atoms with Crippen LogP contribution >= 0.6 is 0 Å². The van der Waals surface area contributed by atoms with Crippen molar-refractivity contribution in [1.29, 1.82) is 0 Å². The van der Waals surface area contributed by atoms with E-state index in [1.165, 1.54) is 0 Å². The highest BCUT2D eigenvalue weighted by molar-refractivity contribution is 5.94. The molecule has 1 unspecified atom stereocenters. The van der Waals surface area contributed by atoms with Crippen molar-refractivity contribution in [2.75, 3.05) is 13.1 Å². The molecule has 21 heavy (non-hydrogen) atoms.